The number of alkyl halides is 3. The number of hydrogen-bond acceptors (Lipinski definition) is 4. The minimum atomic E-state index is -4.67. The number of aromatic amines is 1. The minimum absolute atomic E-state index is 0.183. The van der Waals surface area contributed by atoms with Crippen molar-refractivity contribution in [1.29, 1.82) is 0 Å². The lowest BCUT2D eigenvalue weighted by Gasteiger charge is -2.07. The number of rotatable bonds is 2. The highest BCUT2D eigenvalue weighted by atomic mass is 35.5. The van der Waals surface area contributed by atoms with E-state index in [9.17, 15) is 18.0 Å². The summed E-state index contributed by atoms with van der Waals surface area (Å²) in [4.78, 5) is 19.7. The number of hydrogen-bond donors (Lipinski definition) is 2. The number of fused-ring (bicyclic) bond motifs is 1. The van der Waals surface area contributed by atoms with Crippen molar-refractivity contribution in [3.63, 3.8) is 0 Å². The fourth-order valence-corrected chi connectivity index (χ4v) is 2.27. The predicted molar refractivity (Wildman–Crippen MR) is 80.8 cm³/mol. The minimum Gasteiger partial charge on any atom is -0.289 e. The van der Waals surface area contributed by atoms with Crippen LogP contribution in [0.4, 0.5) is 19.1 Å². The zero-order valence-corrected chi connectivity index (χ0v) is 12.8. The van der Waals surface area contributed by atoms with Crippen molar-refractivity contribution >= 4 is 34.4 Å². The Bertz CT molecular complexity index is 938. The second-order valence-corrected chi connectivity index (χ2v) is 5.35. The normalized spacial score (nSPS) is 11.7. The van der Waals surface area contributed by atoms with Crippen molar-refractivity contribution in [1.82, 2.24) is 20.2 Å². The van der Waals surface area contributed by atoms with E-state index in [1.54, 1.807) is 36.3 Å². The van der Waals surface area contributed by atoms with Crippen LogP contribution in [0.1, 0.15) is 21.9 Å². The molecule has 1 aromatic carbocycles. The van der Waals surface area contributed by atoms with Crippen molar-refractivity contribution in [2.75, 3.05) is 5.32 Å². The first-order valence-electron chi connectivity index (χ1n) is 6.62. The molecule has 6 nitrogen and oxygen atoms in total. The van der Waals surface area contributed by atoms with Crippen LogP contribution in [0.2, 0.25) is 5.02 Å². The molecule has 0 saturated carbocycles. The highest BCUT2D eigenvalue weighted by Crippen LogP contribution is 2.26. The van der Waals surface area contributed by atoms with Gasteiger partial charge in [-0.25, -0.2) is 0 Å². The molecular formula is C14H9ClF3N5O. The Morgan fingerprint density at radius 3 is 2.67 bits per heavy atom. The van der Waals surface area contributed by atoms with Gasteiger partial charge in [-0.05, 0) is 31.2 Å². The molecule has 0 atom stereocenters. The molecule has 3 aromatic rings. The third kappa shape index (κ3) is 3.16. The number of aromatic nitrogens is 4. The molecule has 0 spiro atoms. The Balaban J connectivity index is 1.91. The molecule has 2 aromatic heterocycles. The molecule has 124 valence electrons. The average Bonchev–Trinajstić information content (AvgIpc) is 2.95. The van der Waals surface area contributed by atoms with E-state index in [1.165, 1.54) is 0 Å². The first-order chi connectivity index (χ1) is 11.2. The van der Waals surface area contributed by atoms with Crippen molar-refractivity contribution in [2.45, 2.75) is 13.1 Å². The smallest absolute Gasteiger partial charge is 0.289 e. The van der Waals surface area contributed by atoms with Crippen molar-refractivity contribution in [3.8, 4) is 0 Å². The average molecular weight is 356 g/mol. The zero-order chi connectivity index (χ0) is 17.5. The lowest BCUT2D eigenvalue weighted by Crippen LogP contribution is -2.15. The number of H-pyrrole nitrogens is 1. The van der Waals surface area contributed by atoms with Gasteiger partial charge in [-0.3, -0.25) is 20.2 Å². The molecule has 0 aliphatic rings. The van der Waals surface area contributed by atoms with E-state index in [1.807, 2.05) is 0 Å². The SMILES string of the molecule is Cc1nc2ccc(Cl)cc2cc1C(=O)Nc1n[nH]c(C(F)(F)F)n1. The summed E-state index contributed by atoms with van der Waals surface area (Å²) in [5.41, 5.74) is 1.24. The molecule has 0 unspecified atom stereocenters. The number of pyridine rings is 1. The highest BCUT2D eigenvalue weighted by Gasteiger charge is 2.35. The molecule has 10 heteroatoms. The van der Waals surface area contributed by atoms with E-state index in [2.05, 4.69) is 20.4 Å². The van der Waals surface area contributed by atoms with Crippen LogP contribution in [-0.4, -0.2) is 26.1 Å². The summed E-state index contributed by atoms with van der Waals surface area (Å²) in [5, 5.41) is 8.35. The molecule has 2 N–H and O–H groups in total. The molecule has 0 fully saturated rings. The van der Waals surface area contributed by atoms with E-state index in [0.717, 1.165) is 0 Å². The largest absolute Gasteiger partial charge is 0.451 e. The fourth-order valence-electron chi connectivity index (χ4n) is 2.09. The van der Waals surface area contributed by atoms with Gasteiger partial charge < -0.3 is 0 Å². The maximum Gasteiger partial charge on any atom is 0.451 e. The number of anilines is 1. The van der Waals surface area contributed by atoms with Crippen LogP contribution in [0.15, 0.2) is 24.3 Å². The van der Waals surface area contributed by atoms with Gasteiger partial charge in [-0.1, -0.05) is 11.6 Å². The van der Waals surface area contributed by atoms with Crippen LogP contribution in [-0.2, 0) is 6.18 Å². The monoisotopic (exact) mass is 355 g/mol. The molecular weight excluding hydrogens is 347 g/mol. The Hall–Kier alpha value is -2.68. The first kappa shape index (κ1) is 16.2. The lowest BCUT2D eigenvalue weighted by atomic mass is 10.1. The van der Waals surface area contributed by atoms with Gasteiger partial charge in [0, 0.05) is 10.4 Å². The first-order valence-corrected chi connectivity index (χ1v) is 7.00. The summed E-state index contributed by atoms with van der Waals surface area (Å²) in [6.07, 6.45) is -4.67. The Morgan fingerprint density at radius 1 is 1.25 bits per heavy atom. The molecule has 0 aliphatic heterocycles. The predicted octanol–water partition coefficient (Wildman–Crippen LogP) is 3.59. The molecule has 2 heterocycles. The Labute approximate surface area is 138 Å². The summed E-state index contributed by atoms with van der Waals surface area (Å²) in [6, 6.07) is 6.56. The number of aryl methyl sites for hydroxylation is 1. The summed E-state index contributed by atoms with van der Waals surface area (Å²) in [6.45, 7) is 1.61. The summed E-state index contributed by atoms with van der Waals surface area (Å²) in [5.74, 6) is -2.44. The van der Waals surface area contributed by atoms with Gasteiger partial charge in [0.05, 0.1) is 16.8 Å². The maximum atomic E-state index is 12.5. The fraction of sp³-hybridized carbons (Fsp3) is 0.143. The van der Waals surface area contributed by atoms with Crippen molar-refractivity contribution < 1.29 is 18.0 Å². The zero-order valence-electron chi connectivity index (χ0n) is 12.1. The number of carbonyl (C=O) groups is 1. The Morgan fingerprint density at radius 2 is 2.00 bits per heavy atom. The third-order valence-corrected chi connectivity index (χ3v) is 3.43. The van der Waals surface area contributed by atoms with Crippen molar-refractivity contribution in [3.05, 3.63) is 46.4 Å². The van der Waals surface area contributed by atoms with Gasteiger partial charge in [0.1, 0.15) is 0 Å². The van der Waals surface area contributed by atoms with Gasteiger partial charge in [-0.15, -0.1) is 5.10 Å². The number of halogens is 4. The lowest BCUT2D eigenvalue weighted by molar-refractivity contribution is -0.144. The van der Waals surface area contributed by atoms with E-state index in [4.69, 9.17) is 11.6 Å². The van der Waals surface area contributed by atoms with E-state index in [-0.39, 0.29) is 5.56 Å². The molecule has 0 aliphatic carbocycles. The highest BCUT2D eigenvalue weighted by molar-refractivity contribution is 6.31. The van der Waals surface area contributed by atoms with Gasteiger partial charge >= 0.3 is 6.18 Å². The van der Waals surface area contributed by atoms with Crippen LogP contribution in [0.5, 0.6) is 0 Å². The second kappa shape index (κ2) is 5.75. The molecule has 0 bridgehead atoms. The van der Waals surface area contributed by atoms with Crippen LogP contribution in [0.3, 0.4) is 0 Å². The number of benzene rings is 1. The topological polar surface area (TPSA) is 83.6 Å². The van der Waals surface area contributed by atoms with Crippen LogP contribution >= 0.6 is 11.6 Å². The van der Waals surface area contributed by atoms with E-state index in [0.29, 0.717) is 21.6 Å². The van der Waals surface area contributed by atoms with Gasteiger partial charge in [0.15, 0.2) is 0 Å². The summed E-state index contributed by atoms with van der Waals surface area (Å²) < 4.78 is 37.4. The molecule has 24 heavy (non-hydrogen) atoms. The van der Waals surface area contributed by atoms with Crippen molar-refractivity contribution in [2.24, 2.45) is 0 Å². The standard InChI is InChI=1S/C14H9ClF3N5O/c1-6-9(5-7-4-8(15)2-3-10(7)19-6)11(24)20-13-21-12(22-23-13)14(16,17)18/h2-5H,1H3,(H2,20,21,22,23,24). The van der Waals surface area contributed by atoms with E-state index < -0.39 is 23.9 Å². The van der Waals surface area contributed by atoms with Gasteiger partial charge in [0.2, 0.25) is 11.8 Å². The summed E-state index contributed by atoms with van der Waals surface area (Å²) in [7, 11) is 0. The number of nitrogens with zero attached hydrogens (tertiary/aromatic N) is 3. The van der Waals surface area contributed by atoms with Gasteiger partial charge in [-0.2, -0.15) is 18.2 Å². The molecule has 0 saturated heterocycles. The number of carbonyl (C=O) groups excluding carboxylic acids is 1. The molecule has 0 radical (unpaired) electrons. The Kier molecular flexibility index (Phi) is 3.88. The van der Waals surface area contributed by atoms with E-state index >= 15 is 0 Å². The second-order valence-electron chi connectivity index (χ2n) is 4.92. The third-order valence-electron chi connectivity index (χ3n) is 3.19. The number of nitrogens with one attached hydrogen (secondary N) is 2. The molecule has 1 amide bonds. The quantitative estimate of drug-likeness (QED) is 0.736. The van der Waals surface area contributed by atoms with Gasteiger partial charge in [0.25, 0.3) is 5.91 Å². The van der Waals surface area contributed by atoms with Crippen LogP contribution < -0.4 is 5.32 Å². The van der Waals surface area contributed by atoms with Crippen LogP contribution in [0.25, 0.3) is 10.9 Å². The maximum absolute atomic E-state index is 12.5. The number of amides is 1. The molecule has 3 rings (SSSR count). The van der Waals surface area contributed by atoms with Crippen LogP contribution in [0, 0.1) is 6.92 Å². The summed E-state index contributed by atoms with van der Waals surface area (Å²) >= 11 is 5.91.